The molecule has 0 atom stereocenters. The van der Waals surface area contributed by atoms with Gasteiger partial charge < -0.3 is 0 Å². The van der Waals surface area contributed by atoms with Crippen molar-refractivity contribution in [2.24, 2.45) is 0 Å². The van der Waals surface area contributed by atoms with Crippen LogP contribution >= 0.6 is 0 Å². The number of pyridine rings is 1. The normalized spacial score (nSPS) is 11.9. The molecule has 46 valence electrons. The molecule has 1 heterocycles. The Balaban J connectivity index is 3.53. The molecule has 0 bridgehead atoms. The minimum atomic E-state index is 0.847. The van der Waals surface area contributed by atoms with Gasteiger partial charge in [-0.25, -0.2) is 0 Å². The van der Waals surface area contributed by atoms with Crippen molar-refractivity contribution in [2.75, 3.05) is 0 Å². The molecule has 0 saturated heterocycles. The third-order valence-electron chi connectivity index (χ3n) is 1.24. The van der Waals surface area contributed by atoms with E-state index < -0.39 is 0 Å². The average molecular weight is 119 g/mol. The maximum absolute atomic E-state index is 4.01. The van der Waals surface area contributed by atoms with E-state index in [-0.39, 0.29) is 0 Å². The van der Waals surface area contributed by atoms with Gasteiger partial charge in [-0.3, -0.25) is 4.98 Å². The molecule has 0 aliphatic rings. The third kappa shape index (κ3) is 1.17. The average Bonchev–Trinajstić information content (AvgIpc) is 1.89. The summed E-state index contributed by atoms with van der Waals surface area (Å²) in [5, 5.41) is 1.96. The zero-order valence-corrected chi connectivity index (χ0v) is 5.46. The molecule has 1 nitrogen and oxygen atoms in total. The lowest BCUT2D eigenvalue weighted by atomic mass is 10.3. The van der Waals surface area contributed by atoms with Crippen LogP contribution in [0.2, 0.25) is 0 Å². The summed E-state index contributed by atoms with van der Waals surface area (Å²) in [4.78, 5) is 4.01. The topological polar surface area (TPSA) is 12.9 Å². The molecule has 0 saturated carbocycles. The number of nitrogens with zero attached hydrogens (tertiary/aromatic N) is 1. The number of aromatic nitrogens is 1. The van der Waals surface area contributed by atoms with Gasteiger partial charge in [-0.2, -0.15) is 0 Å². The van der Waals surface area contributed by atoms with E-state index >= 15 is 0 Å². The van der Waals surface area contributed by atoms with Crippen LogP contribution in [-0.4, -0.2) is 4.98 Å². The van der Waals surface area contributed by atoms with Gasteiger partial charge in [0, 0.05) is 6.20 Å². The Morgan fingerprint density at radius 1 is 1.67 bits per heavy atom. The minimum absolute atomic E-state index is 0.847. The molecule has 1 aromatic rings. The molecule has 0 unspecified atom stereocenters. The highest BCUT2D eigenvalue weighted by Crippen LogP contribution is 1.63. The summed E-state index contributed by atoms with van der Waals surface area (Å²) in [5.41, 5.74) is 0. The van der Waals surface area contributed by atoms with Gasteiger partial charge in [-0.15, -0.1) is 0 Å². The van der Waals surface area contributed by atoms with Crippen molar-refractivity contribution in [1.29, 1.82) is 0 Å². The van der Waals surface area contributed by atoms with Crippen LogP contribution in [0.25, 0.3) is 12.7 Å². The standard InChI is InChI=1S/C8H9N/c1-3-8-5-4-6-9-7(8)2/h3-6H,2H2,1H3. The van der Waals surface area contributed by atoms with Gasteiger partial charge in [0.15, 0.2) is 0 Å². The molecule has 0 aromatic carbocycles. The zero-order valence-electron chi connectivity index (χ0n) is 5.46. The maximum Gasteiger partial charge on any atom is 0.0626 e. The molecule has 0 aliphatic heterocycles. The Hall–Kier alpha value is -1.11. The van der Waals surface area contributed by atoms with E-state index in [1.807, 2.05) is 25.1 Å². The van der Waals surface area contributed by atoms with Crippen LogP contribution in [0.1, 0.15) is 6.92 Å². The lowest BCUT2D eigenvalue weighted by molar-refractivity contribution is 1.23. The number of rotatable bonds is 0. The van der Waals surface area contributed by atoms with Crippen molar-refractivity contribution in [3.8, 4) is 0 Å². The van der Waals surface area contributed by atoms with Crippen LogP contribution in [0, 0.1) is 0 Å². The Bertz CT molecular complexity index is 288. The predicted octanol–water partition coefficient (Wildman–Crippen LogP) is 0.292. The molecular formula is C8H9N. The molecule has 1 aromatic heterocycles. The first-order valence-corrected chi connectivity index (χ1v) is 2.91. The van der Waals surface area contributed by atoms with Gasteiger partial charge in [0.25, 0.3) is 0 Å². The molecule has 1 rings (SSSR count). The maximum atomic E-state index is 4.01. The van der Waals surface area contributed by atoms with Gasteiger partial charge >= 0.3 is 0 Å². The Morgan fingerprint density at radius 3 is 2.89 bits per heavy atom. The fourth-order valence-electron chi connectivity index (χ4n) is 0.713. The number of hydrogen-bond acceptors (Lipinski definition) is 1. The summed E-state index contributed by atoms with van der Waals surface area (Å²) in [7, 11) is 0. The SMILES string of the molecule is C=c1ncccc1=CC. The quantitative estimate of drug-likeness (QED) is 0.478. The molecule has 0 radical (unpaired) electrons. The van der Waals surface area contributed by atoms with Crippen LogP contribution in [0.5, 0.6) is 0 Å². The van der Waals surface area contributed by atoms with Crippen molar-refractivity contribution in [2.45, 2.75) is 6.92 Å². The van der Waals surface area contributed by atoms with Gasteiger partial charge in [-0.1, -0.05) is 18.7 Å². The summed E-state index contributed by atoms with van der Waals surface area (Å²) in [6.45, 7) is 5.73. The first-order valence-electron chi connectivity index (χ1n) is 2.91. The van der Waals surface area contributed by atoms with Crippen LogP contribution in [-0.2, 0) is 0 Å². The molecule has 0 fully saturated rings. The van der Waals surface area contributed by atoms with E-state index in [0.717, 1.165) is 10.6 Å². The molecule has 9 heavy (non-hydrogen) atoms. The minimum Gasteiger partial charge on any atom is -0.257 e. The summed E-state index contributed by atoms with van der Waals surface area (Å²) < 4.78 is 0. The molecule has 0 spiro atoms. The first-order chi connectivity index (χ1) is 4.34. The molecule has 0 amide bonds. The van der Waals surface area contributed by atoms with E-state index in [1.54, 1.807) is 6.20 Å². The van der Waals surface area contributed by atoms with Gasteiger partial charge in [0.1, 0.15) is 0 Å². The zero-order chi connectivity index (χ0) is 6.69. The van der Waals surface area contributed by atoms with Crippen LogP contribution < -0.4 is 10.6 Å². The smallest absolute Gasteiger partial charge is 0.0626 e. The fraction of sp³-hybridized carbons (Fsp3) is 0.125. The van der Waals surface area contributed by atoms with Crippen molar-refractivity contribution >= 4 is 12.7 Å². The number of hydrogen-bond donors (Lipinski definition) is 0. The van der Waals surface area contributed by atoms with Crippen molar-refractivity contribution < 1.29 is 0 Å². The molecule has 0 N–H and O–H groups in total. The fourth-order valence-corrected chi connectivity index (χ4v) is 0.713. The van der Waals surface area contributed by atoms with E-state index in [4.69, 9.17) is 0 Å². The second-order valence-electron chi connectivity index (χ2n) is 1.83. The van der Waals surface area contributed by atoms with Crippen LogP contribution in [0.15, 0.2) is 18.3 Å². The van der Waals surface area contributed by atoms with E-state index in [2.05, 4.69) is 11.6 Å². The second kappa shape index (κ2) is 2.44. The first kappa shape index (κ1) is 6.02. The Morgan fingerprint density at radius 2 is 2.44 bits per heavy atom. The largest absolute Gasteiger partial charge is 0.257 e. The highest BCUT2D eigenvalue weighted by atomic mass is 14.6. The van der Waals surface area contributed by atoms with E-state index in [9.17, 15) is 0 Å². The summed E-state index contributed by atoms with van der Waals surface area (Å²) >= 11 is 0. The highest BCUT2D eigenvalue weighted by molar-refractivity contribution is 5.19. The molecule has 1 heteroatoms. The Kier molecular flexibility index (Phi) is 1.63. The Labute approximate surface area is 54.4 Å². The van der Waals surface area contributed by atoms with Crippen LogP contribution in [0.3, 0.4) is 0 Å². The summed E-state index contributed by atoms with van der Waals surface area (Å²) in [5.74, 6) is 0. The second-order valence-corrected chi connectivity index (χ2v) is 1.83. The predicted molar refractivity (Wildman–Crippen MR) is 39.1 cm³/mol. The van der Waals surface area contributed by atoms with Crippen LogP contribution in [0.4, 0.5) is 0 Å². The van der Waals surface area contributed by atoms with Crippen molar-refractivity contribution in [1.82, 2.24) is 4.98 Å². The lowest BCUT2D eigenvalue weighted by Crippen LogP contribution is -2.24. The van der Waals surface area contributed by atoms with Gasteiger partial charge in [0.2, 0.25) is 0 Å². The van der Waals surface area contributed by atoms with E-state index in [0.29, 0.717) is 0 Å². The highest BCUT2D eigenvalue weighted by Gasteiger charge is 1.75. The third-order valence-corrected chi connectivity index (χ3v) is 1.24. The lowest BCUT2D eigenvalue weighted by Gasteiger charge is -1.82. The summed E-state index contributed by atoms with van der Waals surface area (Å²) in [6.07, 6.45) is 3.74. The van der Waals surface area contributed by atoms with Crippen molar-refractivity contribution in [3.05, 3.63) is 28.9 Å². The van der Waals surface area contributed by atoms with Gasteiger partial charge in [-0.05, 0) is 18.2 Å². The molecule has 0 aliphatic carbocycles. The molecular weight excluding hydrogens is 110 g/mol. The van der Waals surface area contributed by atoms with E-state index in [1.165, 1.54) is 0 Å². The van der Waals surface area contributed by atoms with Gasteiger partial charge in [0.05, 0.1) is 5.35 Å². The van der Waals surface area contributed by atoms with Crippen molar-refractivity contribution in [3.63, 3.8) is 0 Å². The summed E-state index contributed by atoms with van der Waals surface area (Å²) in [6, 6.07) is 3.90. The monoisotopic (exact) mass is 119 g/mol.